The van der Waals surface area contributed by atoms with Crippen LogP contribution in [0.3, 0.4) is 0 Å². The molecule has 0 saturated carbocycles. The zero-order chi connectivity index (χ0) is 21.1. The maximum absolute atomic E-state index is 12.2. The molecule has 0 bridgehead atoms. The second-order valence-electron chi connectivity index (χ2n) is 6.73. The molecule has 9 heteroatoms. The second kappa shape index (κ2) is 8.44. The molecule has 2 aliphatic heterocycles. The van der Waals surface area contributed by atoms with Gasteiger partial charge in [0.1, 0.15) is 12.0 Å². The molecule has 2 aliphatic rings. The highest BCUT2D eigenvalue weighted by Gasteiger charge is 2.49. The first kappa shape index (κ1) is 19.8. The normalized spacial score (nSPS) is 19.4. The maximum Gasteiger partial charge on any atom is 0.418 e. The summed E-state index contributed by atoms with van der Waals surface area (Å²) in [6, 6.07) is 10.7. The van der Waals surface area contributed by atoms with E-state index in [1.165, 1.54) is 0 Å². The van der Waals surface area contributed by atoms with E-state index in [0.29, 0.717) is 28.6 Å². The molecule has 4 rings (SSSR count). The van der Waals surface area contributed by atoms with Crippen LogP contribution in [0, 0.1) is 5.92 Å². The van der Waals surface area contributed by atoms with Crippen LogP contribution in [0.25, 0.3) is 5.53 Å². The minimum Gasteiger partial charge on any atom is -0.493 e. The zero-order valence-electron chi connectivity index (χ0n) is 16.5. The molecular weight excluding hydrogens is 392 g/mol. The summed E-state index contributed by atoms with van der Waals surface area (Å²) in [6.07, 6.45) is -0.664. The molecule has 2 heterocycles. The Kier molecular flexibility index (Phi) is 5.56. The quantitative estimate of drug-likeness (QED) is 0.390. The fourth-order valence-electron chi connectivity index (χ4n) is 3.50. The second-order valence-corrected chi connectivity index (χ2v) is 6.73. The van der Waals surface area contributed by atoms with E-state index < -0.39 is 18.0 Å². The van der Waals surface area contributed by atoms with Crippen molar-refractivity contribution in [3.63, 3.8) is 0 Å². The molecule has 2 atom stereocenters. The molecular formula is C21H20N2O7. The molecule has 0 amide bonds. The minimum absolute atomic E-state index is 0.0787. The van der Waals surface area contributed by atoms with E-state index in [1.54, 1.807) is 38.5 Å². The molecule has 2 aromatic rings. The lowest BCUT2D eigenvalue weighted by Gasteiger charge is -2.16. The van der Waals surface area contributed by atoms with Crippen LogP contribution in [0.5, 0.6) is 23.0 Å². The van der Waals surface area contributed by atoms with Crippen molar-refractivity contribution in [1.82, 2.24) is 0 Å². The van der Waals surface area contributed by atoms with Gasteiger partial charge in [0.2, 0.25) is 6.79 Å². The smallest absolute Gasteiger partial charge is 0.418 e. The summed E-state index contributed by atoms with van der Waals surface area (Å²) in [5.74, 6) is 1.15. The summed E-state index contributed by atoms with van der Waals surface area (Å²) in [4.78, 5) is 15.3. The number of benzene rings is 2. The Morgan fingerprint density at radius 3 is 2.63 bits per heavy atom. The van der Waals surface area contributed by atoms with Crippen molar-refractivity contribution in [3.05, 3.63) is 53.1 Å². The molecule has 1 fully saturated rings. The summed E-state index contributed by atoms with van der Waals surface area (Å²) in [6.45, 7) is 0.515. The number of carbonyl (C=O) groups excluding carboxylic acids is 1. The van der Waals surface area contributed by atoms with E-state index in [9.17, 15) is 10.3 Å². The summed E-state index contributed by atoms with van der Waals surface area (Å²) < 4.78 is 32.5. The SMILES string of the molecule is COc1ccc(COC[C@H]2C(=[N+]=[N-])C(=O)O[C@@H]2c2ccc3c(c2)OCO3)cc1OC. The fourth-order valence-corrected chi connectivity index (χ4v) is 3.50. The zero-order valence-corrected chi connectivity index (χ0v) is 16.5. The summed E-state index contributed by atoms with van der Waals surface area (Å²) in [5.41, 5.74) is 10.8. The number of methoxy groups -OCH3 is 2. The van der Waals surface area contributed by atoms with Crippen LogP contribution in [0.1, 0.15) is 17.2 Å². The van der Waals surface area contributed by atoms with Crippen LogP contribution in [-0.2, 0) is 20.9 Å². The molecule has 9 nitrogen and oxygen atoms in total. The standard InChI is InChI=1S/C21H20N2O7/c1-25-15-5-3-12(7-17(15)26-2)9-27-10-14-19(23-22)21(24)30-20(14)13-4-6-16-18(8-13)29-11-28-16/h3-8,14,20H,9-11H2,1-2H3/t14-,20+/m0/s1. The number of esters is 1. The number of rotatable bonds is 7. The summed E-state index contributed by atoms with van der Waals surface area (Å²) >= 11 is 0. The van der Waals surface area contributed by atoms with Crippen LogP contribution in [-0.4, -0.2) is 44.1 Å². The molecule has 0 aromatic heterocycles. The maximum atomic E-state index is 12.2. The van der Waals surface area contributed by atoms with Crippen molar-refractivity contribution >= 4 is 11.7 Å². The first-order chi connectivity index (χ1) is 14.6. The average Bonchev–Trinajstić information content (AvgIpc) is 3.36. The molecule has 156 valence electrons. The van der Waals surface area contributed by atoms with Gasteiger partial charge in [-0.05, 0) is 35.4 Å². The highest BCUT2D eigenvalue weighted by molar-refractivity contribution is 6.36. The van der Waals surface area contributed by atoms with Crippen molar-refractivity contribution in [2.45, 2.75) is 12.7 Å². The number of ether oxygens (including phenoxy) is 6. The Bertz CT molecular complexity index is 1020. The molecule has 0 N–H and O–H groups in total. The van der Waals surface area contributed by atoms with E-state index in [1.807, 2.05) is 12.1 Å². The van der Waals surface area contributed by atoms with Gasteiger partial charge in [-0.2, -0.15) is 4.79 Å². The molecule has 2 aromatic carbocycles. The van der Waals surface area contributed by atoms with Gasteiger partial charge < -0.3 is 34.0 Å². The lowest BCUT2D eigenvalue weighted by Crippen LogP contribution is -2.23. The number of nitrogens with zero attached hydrogens (tertiary/aromatic N) is 2. The summed E-state index contributed by atoms with van der Waals surface area (Å²) in [5, 5.41) is 0. The van der Waals surface area contributed by atoms with Crippen LogP contribution in [0.2, 0.25) is 0 Å². The van der Waals surface area contributed by atoms with Gasteiger partial charge in [-0.1, -0.05) is 12.1 Å². The number of hydrogen-bond donors (Lipinski definition) is 0. The molecule has 0 spiro atoms. The molecule has 30 heavy (non-hydrogen) atoms. The van der Waals surface area contributed by atoms with Gasteiger partial charge in [-0.3, -0.25) is 0 Å². The van der Waals surface area contributed by atoms with Crippen molar-refractivity contribution in [2.24, 2.45) is 5.92 Å². The molecule has 1 saturated heterocycles. The predicted molar refractivity (Wildman–Crippen MR) is 103 cm³/mol. The lowest BCUT2D eigenvalue weighted by atomic mass is 9.94. The molecule has 0 unspecified atom stereocenters. The van der Waals surface area contributed by atoms with E-state index >= 15 is 0 Å². The van der Waals surface area contributed by atoms with E-state index in [-0.39, 0.29) is 25.7 Å². The monoisotopic (exact) mass is 412 g/mol. The highest BCUT2D eigenvalue weighted by atomic mass is 16.7. The van der Waals surface area contributed by atoms with Crippen molar-refractivity contribution in [3.8, 4) is 23.0 Å². The van der Waals surface area contributed by atoms with E-state index in [4.69, 9.17) is 28.4 Å². The van der Waals surface area contributed by atoms with Crippen LogP contribution >= 0.6 is 0 Å². The number of cyclic esters (lactones) is 1. The van der Waals surface area contributed by atoms with Crippen LogP contribution in [0.4, 0.5) is 0 Å². The Balaban J connectivity index is 1.49. The van der Waals surface area contributed by atoms with Gasteiger partial charge in [0.25, 0.3) is 0 Å². The van der Waals surface area contributed by atoms with Crippen molar-refractivity contribution in [1.29, 1.82) is 0 Å². The first-order valence-electron chi connectivity index (χ1n) is 9.25. The minimum atomic E-state index is -0.681. The molecule has 0 aliphatic carbocycles. The van der Waals surface area contributed by atoms with Gasteiger partial charge in [0, 0.05) is 0 Å². The third-order valence-electron chi connectivity index (χ3n) is 5.01. The van der Waals surface area contributed by atoms with Gasteiger partial charge in [0.15, 0.2) is 23.0 Å². The fraction of sp³-hybridized carbons (Fsp3) is 0.333. The van der Waals surface area contributed by atoms with Crippen molar-refractivity contribution < 1.29 is 38.0 Å². The Hall–Kier alpha value is -3.55. The number of hydrogen-bond acceptors (Lipinski definition) is 7. The van der Waals surface area contributed by atoms with Gasteiger partial charge in [0.05, 0.1) is 27.4 Å². The van der Waals surface area contributed by atoms with E-state index in [2.05, 4.69) is 4.79 Å². The third-order valence-corrected chi connectivity index (χ3v) is 5.01. The van der Waals surface area contributed by atoms with Gasteiger partial charge >= 0.3 is 11.7 Å². The average molecular weight is 412 g/mol. The third kappa shape index (κ3) is 3.68. The Morgan fingerprint density at radius 1 is 1.07 bits per heavy atom. The largest absolute Gasteiger partial charge is 0.493 e. The number of fused-ring (bicyclic) bond motifs is 1. The predicted octanol–water partition coefficient (Wildman–Crippen LogP) is 2.53. The Labute approximate surface area is 172 Å². The Morgan fingerprint density at radius 2 is 1.87 bits per heavy atom. The summed E-state index contributed by atoms with van der Waals surface area (Å²) in [7, 11) is 3.13. The highest BCUT2D eigenvalue weighted by Crippen LogP contribution is 2.39. The topological polar surface area (TPSA) is 109 Å². The first-order valence-corrected chi connectivity index (χ1v) is 9.25. The van der Waals surface area contributed by atoms with Crippen LogP contribution in [0.15, 0.2) is 36.4 Å². The molecule has 0 radical (unpaired) electrons. The lowest BCUT2D eigenvalue weighted by molar-refractivity contribution is -0.140. The number of carbonyl (C=O) groups is 1. The van der Waals surface area contributed by atoms with Gasteiger partial charge in [-0.15, -0.1) is 0 Å². The van der Waals surface area contributed by atoms with Crippen molar-refractivity contribution in [2.75, 3.05) is 27.6 Å². The van der Waals surface area contributed by atoms with Gasteiger partial charge in [-0.25, -0.2) is 4.79 Å². The van der Waals surface area contributed by atoms with E-state index in [0.717, 1.165) is 5.56 Å². The van der Waals surface area contributed by atoms with Crippen LogP contribution < -0.4 is 18.9 Å².